The maximum absolute atomic E-state index is 13.5. The lowest BCUT2D eigenvalue weighted by Crippen LogP contribution is -2.49. The molecule has 0 aromatic heterocycles. The van der Waals surface area contributed by atoms with Gasteiger partial charge in [-0.3, -0.25) is 14.6 Å². The van der Waals surface area contributed by atoms with Gasteiger partial charge in [0.05, 0.1) is 11.2 Å². The van der Waals surface area contributed by atoms with Gasteiger partial charge in [0.1, 0.15) is 0 Å². The summed E-state index contributed by atoms with van der Waals surface area (Å²) in [6.07, 6.45) is 3.38. The van der Waals surface area contributed by atoms with Crippen LogP contribution in [0.2, 0.25) is 0 Å². The summed E-state index contributed by atoms with van der Waals surface area (Å²) >= 11 is 0. The number of hydrogen-bond acceptors (Lipinski definition) is 2. The van der Waals surface area contributed by atoms with Gasteiger partial charge in [0.2, 0.25) is 0 Å². The van der Waals surface area contributed by atoms with Gasteiger partial charge < -0.3 is 0 Å². The van der Waals surface area contributed by atoms with Crippen molar-refractivity contribution in [3.8, 4) is 0 Å². The molecule has 0 saturated carbocycles. The van der Waals surface area contributed by atoms with Gasteiger partial charge in [-0.2, -0.15) is 0 Å². The fraction of sp³-hybridized carbons (Fsp3) is 0.250. The molecule has 5 rings (SSSR count). The normalized spacial score (nSPS) is 17.5. The molecule has 0 N–H and O–H groups in total. The number of para-hydroxylation sites is 1. The van der Waals surface area contributed by atoms with Crippen LogP contribution in [0.3, 0.4) is 0 Å². The lowest BCUT2D eigenvalue weighted by Gasteiger charge is -2.43. The molecule has 3 nitrogen and oxygen atoms in total. The van der Waals surface area contributed by atoms with Crippen LogP contribution in [0.15, 0.2) is 84.9 Å². The van der Waals surface area contributed by atoms with E-state index in [1.165, 1.54) is 16.7 Å². The molecule has 0 fully saturated rings. The first-order valence-electron chi connectivity index (χ1n) is 11.0. The van der Waals surface area contributed by atoms with Crippen LogP contribution in [-0.4, -0.2) is 29.4 Å². The molecule has 0 atom stereocenters. The maximum atomic E-state index is 13.5. The molecule has 3 aromatic carbocycles. The summed E-state index contributed by atoms with van der Waals surface area (Å²) in [5, 5.41) is 0. The van der Waals surface area contributed by atoms with E-state index in [4.69, 9.17) is 0 Å². The van der Waals surface area contributed by atoms with E-state index in [9.17, 15) is 4.79 Å². The molecular weight excluding hydrogens is 380 g/mol. The van der Waals surface area contributed by atoms with Crippen LogP contribution in [0, 0.1) is 0 Å². The fourth-order valence-electron chi connectivity index (χ4n) is 4.96. The Labute approximate surface area is 184 Å². The summed E-state index contributed by atoms with van der Waals surface area (Å²) in [6.45, 7) is 7.19. The lowest BCUT2D eigenvalue weighted by atomic mass is 9.86. The molecule has 0 saturated heterocycles. The van der Waals surface area contributed by atoms with Crippen molar-refractivity contribution in [1.29, 1.82) is 0 Å². The van der Waals surface area contributed by atoms with E-state index < -0.39 is 5.54 Å². The summed E-state index contributed by atoms with van der Waals surface area (Å²) in [4.78, 5) is 18.0. The highest BCUT2D eigenvalue weighted by molar-refractivity contribution is 6.10. The quantitative estimate of drug-likeness (QED) is 0.566. The Kier molecular flexibility index (Phi) is 4.99. The standard InChI is InChI=1S/C28H28N2O/c1-28(2)18-24(20-29-17-16-21-10-6-7-13-23(21)19-29)25-14-8-9-15-26(25)30(28)27(31)22-11-4-3-5-12-22/h3-15,18H,16-17,19-20H2,1-2H3. The van der Waals surface area contributed by atoms with Gasteiger partial charge in [-0.05, 0) is 55.2 Å². The third-order valence-corrected chi connectivity index (χ3v) is 6.42. The van der Waals surface area contributed by atoms with Crippen molar-refractivity contribution in [3.05, 3.63) is 107 Å². The Morgan fingerprint density at radius 1 is 0.871 bits per heavy atom. The molecule has 156 valence electrons. The molecule has 2 heterocycles. The SMILES string of the molecule is CC1(C)C=C(CN2CCc3ccccc3C2)c2ccccc2N1C(=O)c1ccccc1. The van der Waals surface area contributed by atoms with Gasteiger partial charge in [-0.25, -0.2) is 0 Å². The van der Waals surface area contributed by atoms with Crippen molar-refractivity contribution in [2.45, 2.75) is 32.4 Å². The summed E-state index contributed by atoms with van der Waals surface area (Å²) in [5.74, 6) is 0.0419. The zero-order valence-corrected chi connectivity index (χ0v) is 18.2. The van der Waals surface area contributed by atoms with E-state index in [1.807, 2.05) is 41.3 Å². The van der Waals surface area contributed by atoms with Crippen LogP contribution in [0.25, 0.3) is 5.57 Å². The molecule has 1 amide bonds. The van der Waals surface area contributed by atoms with Crippen LogP contribution in [0.5, 0.6) is 0 Å². The summed E-state index contributed by atoms with van der Waals surface area (Å²) < 4.78 is 0. The van der Waals surface area contributed by atoms with Gasteiger partial charge in [0.25, 0.3) is 5.91 Å². The van der Waals surface area contributed by atoms with Gasteiger partial charge in [0.15, 0.2) is 0 Å². The smallest absolute Gasteiger partial charge is 0.259 e. The second-order valence-corrected chi connectivity index (χ2v) is 9.08. The van der Waals surface area contributed by atoms with Crippen molar-refractivity contribution in [3.63, 3.8) is 0 Å². The third kappa shape index (κ3) is 3.70. The van der Waals surface area contributed by atoms with Gasteiger partial charge in [-0.1, -0.05) is 66.7 Å². The number of benzene rings is 3. The Morgan fingerprint density at radius 2 is 1.55 bits per heavy atom. The van der Waals surface area contributed by atoms with E-state index in [2.05, 4.69) is 67.3 Å². The Bertz CT molecular complexity index is 1150. The van der Waals surface area contributed by atoms with Crippen molar-refractivity contribution in [2.24, 2.45) is 0 Å². The third-order valence-electron chi connectivity index (χ3n) is 6.42. The van der Waals surface area contributed by atoms with E-state index in [1.54, 1.807) is 0 Å². The van der Waals surface area contributed by atoms with Crippen LogP contribution in [0.1, 0.15) is 40.9 Å². The van der Waals surface area contributed by atoms with Gasteiger partial charge in [-0.15, -0.1) is 0 Å². The monoisotopic (exact) mass is 408 g/mol. The average Bonchev–Trinajstić information content (AvgIpc) is 2.79. The second kappa shape index (κ2) is 7.82. The Balaban J connectivity index is 1.48. The summed E-state index contributed by atoms with van der Waals surface area (Å²) in [5.41, 5.74) is 6.66. The highest BCUT2D eigenvalue weighted by atomic mass is 16.2. The largest absolute Gasteiger partial charge is 0.299 e. The number of hydrogen-bond donors (Lipinski definition) is 0. The van der Waals surface area contributed by atoms with Crippen molar-refractivity contribution in [2.75, 3.05) is 18.0 Å². The molecule has 0 bridgehead atoms. The Morgan fingerprint density at radius 3 is 2.35 bits per heavy atom. The minimum atomic E-state index is -0.412. The summed E-state index contributed by atoms with van der Waals surface area (Å²) in [6, 6.07) is 26.7. The van der Waals surface area contributed by atoms with Gasteiger partial charge >= 0.3 is 0 Å². The molecule has 0 unspecified atom stereocenters. The maximum Gasteiger partial charge on any atom is 0.259 e. The molecule has 0 spiro atoms. The first-order chi connectivity index (χ1) is 15.0. The number of fused-ring (bicyclic) bond motifs is 2. The van der Waals surface area contributed by atoms with E-state index in [0.717, 1.165) is 42.9 Å². The topological polar surface area (TPSA) is 23.6 Å². The van der Waals surface area contributed by atoms with E-state index in [0.29, 0.717) is 0 Å². The van der Waals surface area contributed by atoms with E-state index >= 15 is 0 Å². The number of amides is 1. The first kappa shape index (κ1) is 19.8. The molecular formula is C28H28N2O. The van der Waals surface area contributed by atoms with E-state index in [-0.39, 0.29) is 5.91 Å². The molecule has 3 heteroatoms. The highest BCUT2D eigenvalue weighted by Gasteiger charge is 2.37. The second-order valence-electron chi connectivity index (χ2n) is 9.08. The van der Waals surface area contributed by atoms with Gasteiger partial charge in [0, 0.05) is 30.8 Å². The first-order valence-corrected chi connectivity index (χ1v) is 11.0. The molecule has 3 aromatic rings. The minimum Gasteiger partial charge on any atom is -0.299 e. The Hall–Kier alpha value is -3.17. The number of carbonyl (C=O) groups excluding carboxylic acids is 1. The van der Waals surface area contributed by atoms with Crippen LogP contribution < -0.4 is 4.90 Å². The predicted molar refractivity (Wildman–Crippen MR) is 127 cm³/mol. The fourth-order valence-corrected chi connectivity index (χ4v) is 4.96. The zero-order valence-electron chi connectivity index (χ0n) is 18.2. The molecule has 31 heavy (non-hydrogen) atoms. The van der Waals surface area contributed by atoms with Crippen LogP contribution >= 0.6 is 0 Å². The van der Waals surface area contributed by atoms with Crippen LogP contribution in [-0.2, 0) is 13.0 Å². The molecule has 2 aliphatic rings. The number of rotatable bonds is 3. The van der Waals surface area contributed by atoms with Crippen molar-refractivity contribution >= 4 is 17.2 Å². The predicted octanol–water partition coefficient (Wildman–Crippen LogP) is 5.57. The van der Waals surface area contributed by atoms with Crippen molar-refractivity contribution < 1.29 is 4.79 Å². The molecule has 0 aliphatic carbocycles. The van der Waals surface area contributed by atoms with Crippen molar-refractivity contribution in [1.82, 2.24) is 4.90 Å². The molecule has 2 aliphatic heterocycles. The zero-order chi connectivity index (χ0) is 21.4. The number of nitrogens with zero attached hydrogens (tertiary/aromatic N) is 2. The minimum absolute atomic E-state index is 0.0419. The number of carbonyl (C=O) groups is 1. The highest BCUT2D eigenvalue weighted by Crippen LogP contribution is 2.40. The molecule has 0 radical (unpaired) electrons. The lowest BCUT2D eigenvalue weighted by molar-refractivity contribution is 0.0970. The average molecular weight is 409 g/mol. The summed E-state index contributed by atoms with van der Waals surface area (Å²) in [7, 11) is 0. The number of anilines is 1. The van der Waals surface area contributed by atoms with Crippen LogP contribution in [0.4, 0.5) is 5.69 Å².